The van der Waals surface area contributed by atoms with Crippen LogP contribution in [0.1, 0.15) is 36.1 Å². The molecular formula is C28H28N2O5S. The van der Waals surface area contributed by atoms with E-state index in [0.717, 1.165) is 16.7 Å². The first kappa shape index (κ1) is 25.2. The summed E-state index contributed by atoms with van der Waals surface area (Å²) in [5.41, 5.74) is 3.26. The van der Waals surface area contributed by atoms with Crippen molar-refractivity contribution in [3.8, 4) is 11.5 Å². The molecule has 0 amide bonds. The SMILES string of the molecule is C=CCc1cc(/C=c2\sc3n(c2=O)[C@H](c2ccccc2)C(C(=O)OC)=C(CC)N=3)cc(OC)c1OC. The van der Waals surface area contributed by atoms with Gasteiger partial charge in [-0.1, -0.05) is 54.7 Å². The average molecular weight is 505 g/mol. The summed E-state index contributed by atoms with van der Waals surface area (Å²) < 4.78 is 18.3. The summed E-state index contributed by atoms with van der Waals surface area (Å²) in [5.74, 6) is 0.711. The van der Waals surface area contributed by atoms with Gasteiger partial charge in [0.2, 0.25) is 0 Å². The van der Waals surface area contributed by atoms with Gasteiger partial charge in [0.05, 0.1) is 43.2 Å². The van der Waals surface area contributed by atoms with E-state index in [1.807, 2.05) is 55.5 Å². The van der Waals surface area contributed by atoms with Gasteiger partial charge in [-0.25, -0.2) is 9.79 Å². The fourth-order valence-electron chi connectivity index (χ4n) is 4.42. The zero-order chi connectivity index (χ0) is 25.8. The van der Waals surface area contributed by atoms with E-state index >= 15 is 0 Å². The number of aromatic nitrogens is 1. The first-order chi connectivity index (χ1) is 17.5. The number of hydrogen-bond donors (Lipinski definition) is 0. The molecule has 186 valence electrons. The first-order valence-corrected chi connectivity index (χ1v) is 12.3. The lowest BCUT2D eigenvalue weighted by molar-refractivity contribution is -0.136. The Kier molecular flexibility index (Phi) is 7.55. The highest BCUT2D eigenvalue weighted by Crippen LogP contribution is 2.34. The van der Waals surface area contributed by atoms with E-state index in [9.17, 15) is 9.59 Å². The second-order valence-electron chi connectivity index (χ2n) is 8.11. The van der Waals surface area contributed by atoms with Crippen LogP contribution in [-0.4, -0.2) is 31.9 Å². The Balaban J connectivity index is 1.97. The fourth-order valence-corrected chi connectivity index (χ4v) is 5.44. The molecule has 2 heterocycles. The summed E-state index contributed by atoms with van der Waals surface area (Å²) in [6.45, 7) is 5.76. The van der Waals surface area contributed by atoms with Crippen LogP contribution in [0.4, 0.5) is 0 Å². The Hall–Kier alpha value is -3.91. The highest BCUT2D eigenvalue weighted by molar-refractivity contribution is 7.07. The van der Waals surface area contributed by atoms with Crippen LogP contribution in [0, 0.1) is 0 Å². The molecule has 0 N–H and O–H groups in total. The number of thiazole rings is 1. The van der Waals surface area contributed by atoms with E-state index in [1.54, 1.807) is 24.9 Å². The Morgan fingerprint density at radius 1 is 1.17 bits per heavy atom. The van der Waals surface area contributed by atoms with Crippen LogP contribution in [0.2, 0.25) is 0 Å². The third kappa shape index (κ3) is 4.52. The molecule has 1 atom stereocenters. The number of carbonyl (C=O) groups is 1. The fraction of sp³-hybridized carbons (Fsp3) is 0.250. The van der Waals surface area contributed by atoms with Crippen LogP contribution < -0.4 is 24.4 Å². The quantitative estimate of drug-likeness (QED) is 0.346. The second kappa shape index (κ2) is 10.8. The van der Waals surface area contributed by atoms with Crippen LogP contribution in [0.15, 0.2) is 76.2 Å². The highest BCUT2D eigenvalue weighted by Gasteiger charge is 2.33. The van der Waals surface area contributed by atoms with Gasteiger partial charge in [-0.05, 0) is 42.2 Å². The maximum absolute atomic E-state index is 13.8. The molecule has 0 bridgehead atoms. The van der Waals surface area contributed by atoms with Crippen molar-refractivity contribution in [1.29, 1.82) is 0 Å². The van der Waals surface area contributed by atoms with Crippen molar-refractivity contribution in [2.45, 2.75) is 25.8 Å². The molecule has 1 aliphatic rings. The van der Waals surface area contributed by atoms with Gasteiger partial charge in [-0.2, -0.15) is 0 Å². The Morgan fingerprint density at radius 2 is 1.92 bits per heavy atom. The van der Waals surface area contributed by atoms with Gasteiger partial charge in [0.15, 0.2) is 16.3 Å². The number of benzene rings is 2. The molecule has 0 saturated carbocycles. The summed E-state index contributed by atoms with van der Waals surface area (Å²) >= 11 is 1.29. The molecule has 0 unspecified atom stereocenters. The largest absolute Gasteiger partial charge is 0.493 e. The van der Waals surface area contributed by atoms with E-state index in [2.05, 4.69) is 6.58 Å². The van der Waals surface area contributed by atoms with Crippen LogP contribution in [0.25, 0.3) is 6.08 Å². The van der Waals surface area contributed by atoms with Crippen molar-refractivity contribution < 1.29 is 19.0 Å². The summed E-state index contributed by atoms with van der Waals surface area (Å²) in [4.78, 5) is 31.9. The number of allylic oxidation sites excluding steroid dienone is 2. The van der Waals surface area contributed by atoms with Gasteiger partial charge in [0.1, 0.15) is 0 Å². The lowest BCUT2D eigenvalue weighted by atomic mass is 9.95. The molecule has 0 fully saturated rings. The maximum Gasteiger partial charge on any atom is 0.338 e. The van der Waals surface area contributed by atoms with Gasteiger partial charge in [-0.15, -0.1) is 6.58 Å². The predicted molar refractivity (Wildman–Crippen MR) is 140 cm³/mol. The third-order valence-electron chi connectivity index (χ3n) is 6.01. The van der Waals surface area contributed by atoms with Crippen LogP contribution in [-0.2, 0) is 16.0 Å². The lowest BCUT2D eigenvalue weighted by Gasteiger charge is -2.25. The molecule has 3 aromatic rings. The van der Waals surface area contributed by atoms with Gasteiger partial charge in [0.25, 0.3) is 5.56 Å². The normalized spacial score (nSPS) is 15.2. The highest BCUT2D eigenvalue weighted by atomic mass is 32.1. The molecule has 0 radical (unpaired) electrons. The number of hydrogen-bond acceptors (Lipinski definition) is 7. The molecule has 0 aliphatic carbocycles. The maximum atomic E-state index is 13.8. The number of rotatable bonds is 8. The molecule has 8 heteroatoms. The third-order valence-corrected chi connectivity index (χ3v) is 6.99. The van der Waals surface area contributed by atoms with E-state index in [-0.39, 0.29) is 5.56 Å². The first-order valence-electron chi connectivity index (χ1n) is 11.5. The topological polar surface area (TPSA) is 79.1 Å². The molecule has 4 rings (SSSR count). The monoisotopic (exact) mass is 504 g/mol. The Labute approximate surface area is 213 Å². The molecule has 1 aromatic heterocycles. The van der Waals surface area contributed by atoms with E-state index in [0.29, 0.717) is 44.9 Å². The number of nitrogens with zero attached hydrogens (tertiary/aromatic N) is 2. The minimum Gasteiger partial charge on any atom is -0.493 e. The average Bonchev–Trinajstić information content (AvgIpc) is 3.21. The molecule has 36 heavy (non-hydrogen) atoms. The zero-order valence-corrected chi connectivity index (χ0v) is 21.6. The van der Waals surface area contributed by atoms with Crippen molar-refractivity contribution in [2.24, 2.45) is 4.99 Å². The Morgan fingerprint density at radius 3 is 2.53 bits per heavy atom. The second-order valence-corrected chi connectivity index (χ2v) is 9.12. The van der Waals surface area contributed by atoms with E-state index in [1.165, 1.54) is 18.4 Å². The summed E-state index contributed by atoms with van der Waals surface area (Å²) in [5, 5.41) is 0. The molecular weight excluding hydrogens is 476 g/mol. The standard InChI is InChI=1S/C28H28N2O5S/c1-6-11-19-14-17(15-21(33-3)25(19)34-4)16-22-26(31)30-24(18-12-9-8-10-13-18)23(27(32)35-5)20(7-2)29-28(30)36-22/h6,8-10,12-16,24H,1,7,11H2,2-5H3/b22-16-/t24-/m1/s1. The minimum absolute atomic E-state index is 0.232. The van der Waals surface area contributed by atoms with Crippen molar-refractivity contribution in [3.63, 3.8) is 0 Å². The number of fused-ring (bicyclic) bond motifs is 1. The predicted octanol–water partition coefficient (Wildman–Crippen LogP) is 3.54. The van der Waals surface area contributed by atoms with Crippen molar-refractivity contribution in [1.82, 2.24) is 4.57 Å². The van der Waals surface area contributed by atoms with Crippen LogP contribution in [0.5, 0.6) is 11.5 Å². The number of ether oxygens (including phenoxy) is 3. The molecule has 7 nitrogen and oxygen atoms in total. The number of esters is 1. The number of carbonyl (C=O) groups excluding carboxylic acids is 1. The molecule has 0 spiro atoms. The van der Waals surface area contributed by atoms with Crippen molar-refractivity contribution >= 4 is 23.4 Å². The minimum atomic E-state index is -0.631. The summed E-state index contributed by atoms with van der Waals surface area (Å²) in [7, 11) is 4.51. The van der Waals surface area contributed by atoms with Crippen molar-refractivity contribution in [3.05, 3.63) is 103 Å². The van der Waals surface area contributed by atoms with Crippen molar-refractivity contribution in [2.75, 3.05) is 21.3 Å². The zero-order valence-electron chi connectivity index (χ0n) is 20.7. The molecule has 0 saturated heterocycles. The van der Waals surface area contributed by atoms with E-state index < -0.39 is 12.0 Å². The van der Waals surface area contributed by atoms with E-state index in [4.69, 9.17) is 19.2 Å². The van der Waals surface area contributed by atoms with Crippen LogP contribution >= 0.6 is 11.3 Å². The van der Waals surface area contributed by atoms with Gasteiger partial charge >= 0.3 is 5.97 Å². The summed E-state index contributed by atoms with van der Waals surface area (Å²) in [6.07, 6.45) is 4.71. The van der Waals surface area contributed by atoms with Crippen LogP contribution in [0.3, 0.4) is 0 Å². The van der Waals surface area contributed by atoms with Gasteiger partial charge in [-0.3, -0.25) is 9.36 Å². The molecule has 2 aromatic carbocycles. The summed E-state index contributed by atoms with van der Waals surface area (Å²) in [6, 6.07) is 12.6. The smallest absolute Gasteiger partial charge is 0.338 e. The van der Waals surface area contributed by atoms with Gasteiger partial charge < -0.3 is 14.2 Å². The molecule has 1 aliphatic heterocycles. The number of methoxy groups -OCH3 is 3. The van der Waals surface area contributed by atoms with Gasteiger partial charge in [0, 0.05) is 5.56 Å². The lowest BCUT2D eigenvalue weighted by Crippen LogP contribution is -2.40. The Bertz CT molecular complexity index is 1520.